The highest BCUT2D eigenvalue weighted by Crippen LogP contribution is 2.19. The maximum absolute atomic E-state index is 12.1. The van der Waals surface area contributed by atoms with Gasteiger partial charge >= 0.3 is 5.97 Å². The molecule has 1 rings (SSSR count). The molecular weight excluding hydrogens is 310 g/mol. The Hall–Kier alpha value is -2.34. The summed E-state index contributed by atoms with van der Waals surface area (Å²) in [5.74, 6) is -1.20. The summed E-state index contributed by atoms with van der Waals surface area (Å²) < 4.78 is 9.55. The molecule has 0 spiro atoms. The van der Waals surface area contributed by atoms with Crippen LogP contribution in [-0.2, 0) is 19.1 Å². The van der Waals surface area contributed by atoms with Crippen molar-refractivity contribution in [1.29, 1.82) is 0 Å². The summed E-state index contributed by atoms with van der Waals surface area (Å²) in [6.07, 6.45) is 1.33. The van der Waals surface area contributed by atoms with Gasteiger partial charge in [-0.25, -0.2) is 4.79 Å². The van der Waals surface area contributed by atoms with Crippen LogP contribution in [0.3, 0.4) is 0 Å². The molecule has 7 nitrogen and oxygen atoms in total. The van der Waals surface area contributed by atoms with E-state index in [1.54, 1.807) is 24.3 Å². The summed E-state index contributed by atoms with van der Waals surface area (Å²) in [4.78, 5) is 26.3. The first-order chi connectivity index (χ1) is 10.6. The van der Waals surface area contributed by atoms with Crippen molar-refractivity contribution in [2.45, 2.75) is 6.42 Å². The quantitative estimate of drug-likeness (QED) is 0.107. The SMILES string of the molecule is COC(=O)/C(=C\c1ccccc1Cl)C(=O)CCOCN=[N+]=[N-]. The van der Waals surface area contributed by atoms with E-state index in [9.17, 15) is 9.59 Å². The normalized spacial score (nSPS) is 10.7. The highest BCUT2D eigenvalue weighted by atomic mass is 35.5. The first-order valence-corrected chi connectivity index (χ1v) is 6.64. The summed E-state index contributed by atoms with van der Waals surface area (Å²) >= 11 is 6.00. The lowest BCUT2D eigenvalue weighted by Crippen LogP contribution is -2.16. The average Bonchev–Trinajstić information content (AvgIpc) is 2.53. The van der Waals surface area contributed by atoms with Gasteiger partial charge in [-0.05, 0) is 23.2 Å². The third-order valence-corrected chi connectivity index (χ3v) is 2.94. The van der Waals surface area contributed by atoms with Gasteiger partial charge in [-0.2, -0.15) is 0 Å². The molecule has 0 aliphatic rings. The molecule has 0 saturated heterocycles. The number of benzene rings is 1. The molecule has 8 heteroatoms. The monoisotopic (exact) mass is 323 g/mol. The Morgan fingerprint density at radius 2 is 2.14 bits per heavy atom. The fraction of sp³-hybridized carbons (Fsp3) is 0.286. The van der Waals surface area contributed by atoms with Gasteiger partial charge in [-0.15, -0.1) is 0 Å². The lowest BCUT2D eigenvalue weighted by atomic mass is 10.1. The molecule has 0 radical (unpaired) electrons. The molecule has 0 aromatic heterocycles. The van der Waals surface area contributed by atoms with Crippen LogP contribution in [0, 0.1) is 0 Å². The standard InChI is InChI=1S/C14H14ClN3O4/c1-21-14(20)11(8-10-4-2-3-5-12(10)15)13(19)6-7-22-9-17-18-16/h2-5,8H,6-7,9H2,1H3/b11-8-. The summed E-state index contributed by atoms with van der Waals surface area (Å²) in [6.45, 7) is -0.153. The van der Waals surface area contributed by atoms with E-state index in [0.29, 0.717) is 10.6 Å². The minimum atomic E-state index is -0.750. The van der Waals surface area contributed by atoms with Crippen LogP contribution in [0.2, 0.25) is 5.02 Å². The zero-order chi connectivity index (χ0) is 16.4. The van der Waals surface area contributed by atoms with Crippen LogP contribution in [0.15, 0.2) is 35.0 Å². The van der Waals surface area contributed by atoms with E-state index in [1.807, 2.05) is 0 Å². The van der Waals surface area contributed by atoms with E-state index < -0.39 is 11.8 Å². The Balaban J connectivity index is 2.85. The zero-order valence-electron chi connectivity index (χ0n) is 11.9. The van der Waals surface area contributed by atoms with Crippen LogP contribution >= 0.6 is 11.6 Å². The predicted molar refractivity (Wildman–Crippen MR) is 81.0 cm³/mol. The number of methoxy groups -OCH3 is 1. The van der Waals surface area contributed by atoms with Crippen molar-refractivity contribution >= 4 is 29.4 Å². The average molecular weight is 324 g/mol. The van der Waals surface area contributed by atoms with E-state index in [-0.39, 0.29) is 25.3 Å². The number of nitrogens with zero attached hydrogens (tertiary/aromatic N) is 3. The van der Waals surface area contributed by atoms with Crippen molar-refractivity contribution < 1.29 is 19.1 Å². The number of carbonyl (C=O) groups excluding carboxylic acids is 2. The Morgan fingerprint density at radius 1 is 1.41 bits per heavy atom. The molecular formula is C14H14ClN3O4. The second-order valence-electron chi connectivity index (χ2n) is 4.01. The fourth-order valence-electron chi connectivity index (χ4n) is 1.54. The molecule has 116 valence electrons. The van der Waals surface area contributed by atoms with Gasteiger partial charge in [-0.1, -0.05) is 34.9 Å². The van der Waals surface area contributed by atoms with Crippen molar-refractivity contribution in [3.05, 3.63) is 50.9 Å². The number of ketones is 1. The molecule has 0 aliphatic carbocycles. The van der Waals surface area contributed by atoms with Crippen LogP contribution in [0.4, 0.5) is 0 Å². The van der Waals surface area contributed by atoms with Crippen LogP contribution in [0.25, 0.3) is 16.5 Å². The van der Waals surface area contributed by atoms with Crippen LogP contribution in [-0.4, -0.2) is 32.2 Å². The second kappa shape index (κ2) is 9.57. The van der Waals surface area contributed by atoms with Gasteiger partial charge in [-0.3, -0.25) is 4.79 Å². The molecule has 0 amide bonds. The minimum absolute atomic E-state index is 0.0225. The molecule has 0 aliphatic heterocycles. The van der Waals surface area contributed by atoms with E-state index in [1.165, 1.54) is 13.2 Å². The van der Waals surface area contributed by atoms with Crippen LogP contribution in [0.1, 0.15) is 12.0 Å². The molecule has 1 aromatic rings. The second-order valence-corrected chi connectivity index (χ2v) is 4.42. The van der Waals surface area contributed by atoms with Crippen LogP contribution in [0.5, 0.6) is 0 Å². The number of ether oxygens (including phenoxy) is 2. The molecule has 0 unspecified atom stereocenters. The molecule has 22 heavy (non-hydrogen) atoms. The van der Waals surface area contributed by atoms with Crippen molar-refractivity contribution in [1.82, 2.24) is 0 Å². The van der Waals surface area contributed by atoms with Gasteiger partial charge in [0.25, 0.3) is 0 Å². The van der Waals surface area contributed by atoms with Crippen molar-refractivity contribution in [2.24, 2.45) is 5.11 Å². The lowest BCUT2D eigenvalue weighted by Gasteiger charge is -2.06. The summed E-state index contributed by atoms with van der Waals surface area (Å²) in [6, 6.07) is 6.80. The number of hydrogen-bond acceptors (Lipinski definition) is 5. The third kappa shape index (κ3) is 5.57. The Labute approximate surface area is 132 Å². The van der Waals surface area contributed by atoms with Gasteiger partial charge in [0.2, 0.25) is 0 Å². The third-order valence-electron chi connectivity index (χ3n) is 2.60. The van der Waals surface area contributed by atoms with Gasteiger partial charge < -0.3 is 9.47 Å². The summed E-state index contributed by atoms with van der Waals surface area (Å²) in [5.41, 5.74) is 8.50. The van der Waals surface area contributed by atoms with Crippen molar-refractivity contribution in [3.8, 4) is 0 Å². The number of carbonyl (C=O) groups is 2. The Kier molecular flexibility index (Phi) is 7.70. The van der Waals surface area contributed by atoms with Gasteiger partial charge in [0.05, 0.1) is 13.7 Å². The molecule has 0 atom stereocenters. The molecule has 0 fully saturated rings. The number of esters is 1. The molecule has 0 bridgehead atoms. The van der Waals surface area contributed by atoms with Gasteiger partial charge in [0, 0.05) is 16.4 Å². The topological polar surface area (TPSA) is 101 Å². The number of Topliss-reactive ketones (excluding diaryl/α,β-unsaturated/α-hetero) is 1. The van der Waals surface area contributed by atoms with Gasteiger partial charge in [0.1, 0.15) is 12.3 Å². The fourth-order valence-corrected chi connectivity index (χ4v) is 1.73. The van der Waals surface area contributed by atoms with E-state index in [4.69, 9.17) is 21.9 Å². The summed E-state index contributed by atoms with van der Waals surface area (Å²) in [5, 5.41) is 3.58. The van der Waals surface area contributed by atoms with E-state index in [2.05, 4.69) is 14.8 Å². The predicted octanol–water partition coefficient (Wildman–Crippen LogP) is 3.14. The molecule has 0 N–H and O–H groups in total. The number of hydrogen-bond donors (Lipinski definition) is 0. The van der Waals surface area contributed by atoms with Gasteiger partial charge in [0.15, 0.2) is 5.78 Å². The maximum atomic E-state index is 12.1. The summed E-state index contributed by atoms with van der Waals surface area (Å²) in [7, 11) is 1.19. The number of rotatable bonds is 8. The Bertz CT molecular complexity index is 624. The van der Waals surface area contributed by atoms with Crippen molar-refractivity contribution in [3.63, 3.8) is 0 Å². The minimum Gasteiger partial charge on any atom is -0.465 e. The first-order valence-electron chi connectivity index (χ1n) is 6.26. The molecule has 0 heterocycles. The maximum Gasteiger partial charge on any atom is 0.341 e. The Morgan fingerprint density at radius 3 is 2.77 bits per heavy atom. The number of halogens is 1. The largest absolute Gasteiger partial charge is 0.465 e. The molecule has 0 saturated carbocycles. The lowest BCUT2D eigenvalue weighted by molar-refractivity contribution is -0.137. The highest BCUT2D eigenvalue weighted by molar-refractivity contribution is 6.32. The zero-order valence-corrected chi connectivity index (χ0v) is 12.6. The van der Waals surface area contributed by atoms with Crippen LogP contribution < -0.4 is 0 Å². The smallest absolute Gasteiger partial charge is 0.341 e. The van der Waals surface area contributed by atoms with E-state index >= 15 is 0 Å². The number of azide groups is 1. The first kappa shape index (κ1) is 17.7. The highest BCUT2D eigenvalue weighted by Gasteiger charge is 2.19. The van der Waals surface area contributed by atoms with Crippen molar-refractivity contribution in [2.75, 3.05) is 20.4 Å². The van der Waals surface area contributed by atoms with E-state index in [0.717, 1.165) is 0 Å². The molecule has 1 aromatic carbocycles.